The molecule has 0 aliphatic rings. The van der Waals surface area contributed by atoms with Gasteiger partial charge in [0.25, 0.3) is 0 Å². The van der Waals surface area contributed by atoms with Crippen molar-refractivity contribution in [2.45, 2.75) is 13.3 Å². The molecule has 0 atom stereocenters. The number of esters is 1. The predicted octanol–water partition coefficient (Wildman–Crippen LogP) is 3.38. The zero-order valence-corrected chi connectivity index (χ0v) is 8.84. The summed E-state index contributed by atoms with van der Waals surface area (Å²) in [5, 5.41) is 1.85. The minimum Gasteiger partial charge on any atom is -0.427 e. The van der Waals surface area contributed by atoms with Crippen molar-refractivity contribution in [3.8, 4) is 0 Å². The smallest absolute Gasteiger partial charge is 0.353 e. The Kier molecular flexibility index (Phi) is 4.13. The molecule has 1 aromatic heterocycles. The fourth-order valence-electron chi connectivity index (χ4n) is 0.920. The molecule has 0 saturated carbocycles. The van der Waals surface area contributed by atoms with Crippen LogP contribution in [0.25, 0.3) is 0 Å². The van der Waals surface area contributed by atoms with Crippen LogP contribution in [0.4, 0.5) is 0 Å². The van der Waals surface area contributed by atoms with Gasteiger partial charge in [-0.15, -0.1) is 11.3 Å². The van der Waals surface area contributed by atoms with Crippen molar-refractivity contribution in [3.63, 3.8) is 0 Å². The molecule has 1 aromatic rings. The number of rotatable bonds is 4. The molecule has 0 amide bonds. The van der Waals surface area contributed by atoms with Gasteiger partial charge in [-0.2, -0.15) is 0 Å². The molecule has 0 aromatic carbocycles. The molecule has 0 N–H and O–H groups in total. The summed E-state index contributed by atoms with van der Waals surface area (Å²) < 4.78 is 5.15. The molecule has 0 bridgehead atoms. The van der Waals surface area contributed by atoms with E-state index in [1.165, 1.54) is 11.3 Å². The Hall–Kier alpha value is -1.35. The van der Waals surface area contributed by atoms with Crippen LogP contribution < -0.4 is 0 Å². The largest absolute Gasteiger partial charge is 0.427 e. The zero-order valence-electron chi connectivity index (χ0n) is 8.03. The quantitative estimate of drug-likeness (QED) is 0.430. The molecule has 1 heterocycles. The van der Waals surface area contributed by atoms with E-state index in [1.54, 1.807) is 18.2 Å². The molecule has 1 rings (SSSR count). The van der Waals surface area contributed by atoms with E-state index in [9.17, 15) is 4.79 Å². The molecule has 2 nitrogen and oxygen atoms in total. The number of carbonyl (C=O) groups excluding carboxylic acids is 1. The van der Waals surface area contributed by atoms with E-state index in [-0.39, 0.29) is 5.97 Å². The van der Waals surface area contributed by atoms with Crippen LogP contribution in [0.2, 0.25) is 0 Å². The summed E-state index contributed by atoms with van der Waals surface area (Å²) in [5.74, 6) is 0.341. The van der Waals surface area contributed by atoms with Gasteiger partial charge in [0, 0.05) is 6.42 Å². The van der Waals surface area contributed by atoms with Crippen LogP contribution in [-0.2, 0) is 4.74 Å². The molecule has 74 valence electrons. The second kappa shape index (κ2) is 5.40. The van der Waals surface area contributed by atoms with Crippen molar-refractivity contribution < 1.29 is 9.53 Å². The highest BCUT2D eigenvalue weighted by molar-refractivity contribution is 7.11. The lowest BCUT2D eigenvalue weighted by Gasteiger charge is -2.03. The number of ether oxygens (including phenoxy) is 1. The van der Waals surface area contributed by atoms with Crippen molar-refractivity contribution in [1.82, 2.24) is 0 Å². The second-order valence-electron chi connectivity index (χ2n) is 2.59. The van der Waals surface area contributed by atoms with Crippen molar-refractivity contribution in [3.05, 3.63) is 46.9 Å². The molecule has 0 aliphatic heterocycles. The highest BCUT2D eigenvalue weighted by atomic mass is 32.1. The second-order valence-corrected chi connectivity index (χ2v) is 3.54. The van der Waals surface area contributed by atoms with Gasteiger partial charge >= 0.3 is 5.97 Å². The Morgan fingerprint density at radius 2 is 2.50 bits per heavy atom. The predicted molar refractivity (Wildman–Crippen MR) is 58.3 cm³/mol. The van der Waals surface area contributed by atoms with Crippen LogP contribution in [0.15, 0.2) is 42.0 Å². The van der Waals surface area contributed by atoms with Crippen molar-refractivity contribution in [2.75, 3.05) is 0 Å². The average Bonchev–Trinajstić information content (AvgIpc) is 2.69. The number of hydrogen-bond acceptors (Lipinski definition) is 3. The molecular weight excluding hydrogens is 196 g/mol. The number of allylic oxidation sites excluding steroid dienone is 3. The fourth-order valence-corrected chi connectivity index (χ4v) is 1.52. The highest BCUT2D eigenvalue weighted by Crippen LogP contribution is 2.13. The monoisotopic (exact) mass is 208 g/mol. The molecule has 14 heavy (non-hydrogen) atoms. The molecule has 0 fully saturated rings. The summed E-state index contributed by atoms with van der Waals surface area (Å²) >= 11 is 1.37. The van der Waals surface area contributed by atoms with Crippen molar-refractivity contribution >= 4 is 17.3 Å². The molecular formula is C11H12O2S. The molecule has 0 aliphatic carbocycles. The maximum absolute atomic E-state index is 11.5. The van der Waals surface area contributed by atoms with E-state index in [0.29, 0.717) is 17.1 Å². The van der Waals surface area contributed by atoms with Gasteiger partial charge in [-0.25, -0.2) is 4.79 Å². The summed E-state index contributed by atoms with van der Waals surface area (Å²) in [6, 6.07) is 3.57. The van der Waals surface area contributed by atoms with E-state index in [4.69, 9.17) is 4.74 Å². The van der Waals surface area contributed by atoms with Gasteiger partial charge in [0.2, 0.25) is 0 Å². The molecule has 3 heteroatoms. The van der Waals surface area contributed by atoms with E-state index >= 15 is 0 Å². The van der Waals surface area contributed by atoms with Gasteiger partial charge in [-0.1, -0.05) is 25.6 Å². The summed E-state index contributed by atoms with van der Waals surface area (Å²) in [5.41, 5.74) is 0. The Labute approximate surface area is 87.5 Å². The van der Waals surface area contributed by atoms with E-state index < -0.39 is 0 Å². The van der Waals surface area contributed by atoms with Gasteiger partial charge in [-0.05, 0) is 17.5 Å². The van der Waals surface area contributed by atoms with Crippen LogP contribution in [0.1, 0.15) is 23.0 Å². The SMILES string of the molecule is C=C/C=C(\CC)OC(=O)c1cccs1. The lowest BCUT2D eigenvalue weighted by atomic mass is 10.3. The lowest BCUT2D eigenvalue weighted by molar-refractivity contribution is 0.0622. The fraction of sp³-hybridized carbons (Fsp3) is 0.182. The summed E-state index contributed by atoms with van der Waals surface area (Å²) in [6.45, 7) is 5.48. The summed E-state index contributed by atoms with van der Waals surface area (Å²) in [4.78, 5) is 12.1. The lowest BCUT2D eigenvalue weighted by Crippen LogP contribution is -2.02. The topological polar surface area (TPSA) is 26.3 Å². The minimum atomic E-state index is -0.296. The Morgan fingerprint density at radius 3 is 3.00 bits per heavy atom. The molecule has 0 unspecified atom stereocenters. The number of hydrogen-bond donors (Lipinski definition) is 0. The number of thiophene rings is 1. The van der Waals surface area contributed by atoms with Crippen molar-refractivity contribution in [1.29, 1.82) is 0 Å². The Bertz CT molecular complexity index is 336. The van der Waals surface area contributed by atoms with Gasteiger partial charge in [0.1, 0.15) is 10.6 Å². The van der Waals surface area contributed by atoms with Crippen LogP contribution >= 0.6 is 11.3 Å². The van der Waals surface area contributed by atoms with E-state index in [0.717, 1.165) is 0 Å². The van der Waals surface area contributed by atoms with Crippen LogP contribution in [0.3, 0.4) is 0 Å². The third-order valence-electron chi connectivity index (χ3n) is 1.60. The first-order valence-electron chi connectivity index (χ1n) is 4.35. The first kappa shape index (κ1) is 10.7. The van der Waals surface area contributed by atoms with Gasteiger partial charge < -0.3 is 4.74 Å². The first-order valence-corrected chi connectivity index (χ1v) is 5.23. The van der Waals surface area contributed by atoms with Crippen LogP contribution in [-0.4, -0.2) is 5.97 Å². The maximum atomic E-state index is 11.5. The van der Waals surface area contributed by atoms with E-state index in [1.807, 2.05) is 18.4 Å². The normalized spacial score (nSPS) is 11.1. The summed E-state index contributed by atoms with van der Waals surface area (Å²) in [7, 11) is 0. The van der Waals surface area contributed by atoms with Gasteiger partial charge in [-0.3, -0.25) is 0 Å². The van der Waals surface area contributed by atoms with E-state index in [2.05, 4.69) is 6.58 Å². The van der Waals surface area contributed by atoms with Gasteiger partial charge in [0.15, 0.2) is 0 Å². The maximum Gasteiger partial charge on any atom is 0.353 e. The third kappa shape index (κ3) is 2.85. The molecule has 0 saturated heterocycles. The minimum absolute atomic E-state index is 0.296. The third-order valence-corrected chi connectivity index (χ3v) is 2.45. The molecule has 0 radical (unpaired) electrons. The van der Waals surface area contributed by atoms with Crippen LogP contribution in [0, 0.1) is 0 Å². The Morgan fingerprint density at radius 1 is 1.71 bits per heavy atom. The summed E-state index contributed by atoms with van der Waals surface area (Å²) in [6.07, 6.45) is 4.00. The van der Waals surface area contributed by atoms with Crippen molar-refractivity contribution in [2.24, 2.45) is 0 Å². The highest BCUT2D eigenvalue weighted by Gasteiger charge is 2.09. The molecule has 0 spiro atoms. The van der Waals surface area contributed by atoms with Gasteiger partial charge in [0.05, 0.1) is 0 Å². The zero-order chi connectivity index (χ0) is 10.4. The number of carbonyl (C=O) groups is 1. The first-order chi connectivity index (χ1) is 6.77. The Balaban J connectivity index is 2.65. The van der Waals surface area contributed by atoms with Crippen LogP contribution in [0.5, 0.6) is 0 Å². The standard InChI is InChI=1S/C11H12O2S/c1-3-6-9(4-2)13-11(12)10-7-5-8-14-10/h3,5-8H,1,4H2,2H3/b9-6+. The average molecular weight is 208 g/mol.